The molecule has 2 amide bonds. The smallest absolute Gasteiger partial charge is 0.262 e. The van der Waals surface area contributed by atoms with Gasteiger partial charge in [-0.2, -0.15) is 0 Å². The molecule has 7 heteroatoms. The summed E-state index contributed by atoms with van der Waals surface area (Å²) in [5.41, 5.74) is 1.58. The first kappa shape index (κ1) is 17.8. The van der Waals surface area contributed by atoms with Gasteiger partial charge in [-0.25, -0.2) is 0 Å². The van der Waals surface area contributed by atoms with Gasteiger partial charge in [-0.15, -0.1) is 0 Å². The average molecular weight is 356 g/mol. The zero-order chi connectivity index (χ0) is 18.4. The van der Waals surface area contributed by atoms with Gasteiger partial charge in [0.2, 0.25) is 0 Å². The first-order valence-corrected chi connectivity index (χ1v) is 8.25. The lowest BCUT2D eigenvalue weighted by Gasteiger charge is -2.18. The summed E-state index contributed by atoms with van der Waals surface area (Å²) in [6.07, 6.45) is 0.774. The maximum atomic E-state index is 12.5. The molecule has 0 aromatic heterocycles. The summed E-state index contributed by atoms with van der Waals surface area (Å²) in [6.45, 7) is 1.14. The quantitative estimate of drug-likeness (QED) is 0.745. The third-order valence-corrected chi connectivity index (χ3v) is 3.73. The molecule has 0 fully saturated rings. The van der Waals surface area contributed by atoms with E-state index < -0.39 is 0 Å². The van der Waals surface area contributed by atoms with Crippen LogP contribution in [0.25, 0.3) is 0 Å². The first-order chi connectivity index (χ1) is 12.7. The Morgan fingerprint density at radius 3 is 2.96 bits per heavy atom. The molecule has 0 saturated carbocycles. The van der Waals surface area contributed by atoms with E-state index in [2.05, 4.69) is 10.6 Å². The van der Waals surface area contributed by atoms with Crippen LogP contribution in [0.15, 0.2) is 42.5 Å². The van der Waals surface area contributed by atoms with Crippen LogP contribution in [0.4, 0.5) is 11.4 Å². The van der Waals surface area contributed by atoms with Crippen LogP contribution < -0.4 is 20.1 Å². The molecule has 0 atom stereocenters. The number of carbonyl (C=O) groups excluding carboxylic acids is 2. The molecule has 2 aromatic carbocycles. The molecule has 0 unspecified atom stereocenters. The molecule has 1 aliphatic heterocycles. The van der Waals surface area contributed by atoms with Crippen molar-refractivity contribution in [3.05, 3.63) is 48.0 Å². The average Bonchev–Trinajstić information content (AvgIpc) is 2.65. The molecule has 136 valence electrons. The van der Waals surface area contributed by atoms with E-state index in [1.54, 1.807) is 49.6 Å². The number of amides is 2. The molecule has 26 heavy (non-hydrogen) atoms. The SMILES string of the molecule is COCCCOc1cccc(C(=O)Nc2ccc3c(c2)NC(=O)CO3)c1. The van der Waals surface area contributed by atoms with Crippen LogP contribution in [-0.2, 0) is 9.53 Å². The predicted octanol–water partition coefficient (Wildman–Crippen LogP) is 2.69. The Morgan fingerprint density at radius 2 is 2.12 bits per heavy atom. The van der Waals surface area contributed by atoms with Gasteiger partial charge in [-0.05, 0) is 36.4 Å². The highest BCUT2D eigenvalue weighted by atomic mass is 16.5. The monoisotopic (exact) mass is 356 g/mol. The molecule has 0 aliphatic carbocycles. The van der Waals surface area contributed by atoms with Crippen LogP contribution in [-0.4, -0.2) is 38.7 Å². The maximum Gasteiger partial charge on any atom is 0.262 e. The summed E-state index contributed by atoms with van der Waals surface area (Å²) in [5.74, 6) is 0.712. The lowest BCUT2D eigenvalue weighted by Crippen LogP contribution is -2.25. The minimum absolute atomic E-state index is 0.00409. The van der Waals surface area contributed by atoms with E-state index in [0.717, 1.165) is 6.42 Å². The number of anilines is 2. The van der Waals surface area contributed by atoms with Crippen LogP contribution in [0.2, 0.25) is 0 Å². The largest absolute Gasteiger partial charge is 0.493 e. The molecule has 2 N–H and O–H groups in total. The Morgan fingerprint density at radius 1 is 1.23 bits per heavy atom. The summed E-state index contributed by atoms with van der Waals surface area (Å²) in [7, 11) is 1.64. The van der Waals surface area contributed by atoms with Crippen LogP contribution in [0.5, 0.6) is 11.5 Å². The molecular formula is C19H20N2O5. The summed E-state index contributed by atoms with van der Waals surface area (Å²) in [5, 5.41) is 5.52. The Hall–Kier alpha value is -3.06. The first-order valence-electron chi connectivity index (χ1n) is 8.25. The maximum absolute atomic E-state index is 12.5. The molecule has 1 aliphatic rings. The van der Waals surface area contributed by atoms with E-state index in [1.807, 2.05) is 0 Å². The van der Waals surface area contributed by atoms with E-state index >= 15 is 0 Å². The Labute approximate surface area is 151 Å². The van der Waals surface area contributed by atoms with Crippen molar-refractivity contribution in [2.75, 3.05) is 37.6 Å². The zero-order valence-corrected chi connectivity index (χ0v) is 14.4. The fourth-order valence-electron chi connectivity index (χ4n) is 2.48. The van der Waals surface area contributed by atoms with Gasteiger partial charge in [0.1, 0.15) is 11.5 Å². The van der Waals surface area contributed by atoms with Crippen molar-refractivity contribution < 1.29 is 23.8 Å². The van der Waals surface area contributed by atoms with Gasteiger partial charge in [-0.3, -0.25) is 9.59 Å². The van der Waals surface area contributed by atoms with Gasteiger partial charge in [0.05, 0.1) is 12.3 Å². The van der Waals surface area contributed by atoms with Crippen molar-refractivity contribution in [1.82, 2.24) is 0 Å². The van der Waals surface area contributed by atoms with Gasteiger partial charge < -0.3 is 24.8 Å². The van der Waals surface area contributed by atoms with Crippen molar-refractivity contribution >= 4 is 23.2 Å². The molecule has 2 aromatic rings. The van der Waals surface area contributed by atoms with Crippen molar-refractivity contribution in [1.29, 1.82) is 0 Å². The van der Waals surface area contributed by atoms with Crippen molar-refractivity contribution in [2.24, 2.45) is 0 Å². The third-order valence-electron chi connectivity index (χ3n) is 3.73. The van der Waals surface area contributed by atoms with Gasteiger partial charge in [0.25, 0.3) is 11.8 Å². The highest BCUT2D eigenvalue weighted by Crippen LogP contribution is 2.30. The second-order valence-electron chi connectivity index (χ2n) is 5.72. The molecule has 7 nitrogen and oxygen atoms in total. The van der Waals surface area contributed by atoms with Gasteiger partial charge in [0, 0.05) is 31.4 Å². The molecule has 1 heterocycles. The number of methoxy groups -OCH3 is 1. The fourth-order valence-corrected chi connectivity index (χ4v) is 2.48. The summed E-state index contributed by atoms with van der Waals surface area (Å²) in [6, 6.07) is 12.1. The van der Waals surface area contributed by atoms with Crippen LogP contribution >= 0.6 is 0 Å². The number of rotatable bonds is 7. The summed E-state index contributed by atoms with van der Waals surface area (Å²) < 4.78 is 15.9. The van der Waals surface area contributed by atoms with Gasteiger partial charge in [-0.1, -0.05) is 6.07 Å². The lowest BCUT2D eigenvalue weighted by molar-refractivity contribution is -0.118. The lowest BCUT2D eigenvalue weighted by atomic mass is 10.2. The number of ether oxygens (including phenoxy) is 3. The van der Waals surface area contributed by atoms with Crippen LogP contribution in [0.1, 0.15) is 16.8 Å². The summed E-state index contributed by atoms with van der Waals surface area (Å²) in [4.78, 5) is 23.9. The predicted molar refractivity (Wildman–Crippen MR) is 96.9 cm³/mol. The van der Waals surface area contributed by atoms with Crippen LogP contribution in [0.3, 0.4) is 0 Å². The second kappa shape index (κ2) is 8.35. The van der Waals surface area contributed by atoms with Crippen molar-refractivity contribution in [3.63, 3.8) is 0 Å². The minimum Gasteiger partial charge on any atom is -0.493 e. The number of hydrogen-bond acceptors (Lipinski definition) is 5. The Kier molecular flexibility index (Phi) is 5.70. The van der Waals surface area contributed by atoms with E-state index in [9.17, 15) is 9.59 Å². The van der Waals surface area contributed by atoms with E-state index in [4.69, 9.17) is 14.2 Å². The van der Waals surface area contributed by atoms with Crippen molar-refractivity contribution in [2.45, 2.75) is 6.42 Å². The number of carbonyl (C=O) groups is 2. The normalized spacial score (nSPS) is 12.6. The topological polar surface area (TPSA) is 85.9 Å². The highest BCUT2D eigenvalue weighted by molar-refractivity contribution is 6.05. The molecule has 3 rings (SSSR count). The highest BCUT2D eigenvalue weighted by Gasteiger charge is 2.16. The Balaban J connectivity index is 1.64. The fraction of sp³-hybridized carbons (Fsp3) is 0.263. The standard InChI is InChI=1S/C19H20N2O5/c1-24-8-3-9-25-15-5-2-4-13(10-15)19(23)20-14-6-7-17-16(11-14)21-18(22)12-26-17/h2,4-7,10-11H,3,8-9,12H2,1H3,(H,20,23)(H,21,22). The Bertz CT molecular complexity index is 806. The molecule has 0 spiro atoms. The van der Waals surface area contributed by atoms with Crippen LogP contribution in [0, 0.1) is 0 Å². The zero-order valence-electron chi connectivity index (χ0n) is 14.4. The molecular weight excluding hydrogens is 336 g/mol. The van der Waals surface area contributed by atoms with Gasteiger partial charge in [0.15, 0.2) is 6.61 Å². The molecule has 0 saturated heterocycles. The second-order valence-corrected chi connectivity index (χ2v) is 5.72. The van der Waals surface area contributed by atoms with E-state index in [1.165, 1.54) is 0 Å². The molecule has 0 bridgehead atoms. The summed E-state index contributed by atoms with van der Waals surface area (Å²) >= 11 is 0. The minimum atomic E-state index is -0.268. The number of hydrogen-bond donors (Lipinski definition) is 2. The number of benzene rings is 2. The molecule has 0 radical (unpaired) electrons. The number of fused-ring (bicyclic) bond motifs is 1. The van der Waals surface area contributed by atoms with E-state index in [-0.39, 0.29) is 18.4 Å². The van der Waals surface area contributed by atoms with Gasteiger partial charge >= 0.3 is 0 Å². The van der Waals surface area contributed by atoms with Crippen molar-refractivity contribution in [3.8, 4) is 11.5 Å². The third kappa shape index (κ3) is 4.52. The number of nitrogens with one attached hydrogen (secondary N) is 2. The van der Waals surface area contributed by atoms with E-state index in [0.29, 0.717) is 41.7 Å².